The van der Waals surface area contributed by atoms with Crippen molar-refractivity contribution in [2.24, 2.45) is 0 Å². The first-order valence-corrected chi connectivity index (χ1v) is 6.48. The van der Waals surface area contributed by atoms with Crippen molar-refractivity contribution in [1.29, 1.82) is 0 Å². The number of aryl methyl sites for hydroxylation is 2. The summed E-state index contributed by atoms with van der Waals surface area (Å²) in [7, 11) is 1.67. The third-order valence-electron chi connectivity index (χ3n) is 2.44. The topological polar surface area (TPSA) is 59.9 Å². The summed E-state index contributed by atoms with van der Waals surface area (Å²) in [6, 6.07) is 2.08. The minimum Gasteiger partial charge on any atom is -0.383 e. The van der Waals surface area contributed by atoms with Gasteiger partial charge < -0.3 is 10.1 Å². The maximum Gasteiger partial charge on any atom is 0.203 e. The Bertz CT molecular complexity index is 527. The molecule has 1 N–H and O–H groups in total. The standard InChI is InChI=1S/C12H16N4OS/c1-8-6-9(2)10(14-7-8)11-15-12(18-16-11)13-4-5-17-3/h6-7H,4-5H2,1-3H3,(H,13,15,16). The number of methoxy groups -OCH3 is 1. The number of hydrogen-bond acceptors (Lipinski definition) is 6. The van der Waals surface area contributed by atoms with Crippen LogP contribution in [-0.4, -0.2) is 34.6 Å². The first-order valence-electron chi connectivity index (χ1n) is 5.71. The lowest BCUT2D eigenvalue weighted by Crippen LogP contribution is -2.07. The molecule has 0 amide bonds. The molecule has 2 rings (SSSR count). The number of rotatable bonds is 5. The highest BCUT2D eigenvalue weighted by molar-refractivity contribution is 7.09. The van der Waals surface area contributed by atoms with Crippen LogP contribution in [0.2, 0.25) is 0 Å². The first kappa shape index (κ1) is 12.9. The van der Waals surface area contributed by atoms with Crippen molar-refractivity contribution in [2.75, 3.05) is 25.6 Å². The van der Waals surface area contributed by atoms with Crippen molar-refractivity contribution in [1.82, 2.24) is 14.3 Å². The summed E-state index contributed by atoms with van der Waals surface area (Å²) in [5, 5.41) is 3.95. The Morgan fingerprint density at radius 1 is 1.39 bits per heavy atom. The third-order valence-corrected chi connectivity index (χ3v) is 3.11. The molecule has 6 heteroatoms. The monoisotopic (exact) mass is 264 g/mol. The number of hydrogen-bond donors (Lipinski definition) is 1. The zero-order valence-electron chi connectivity index (χ0n) is 10.7. The molecule has 0 aliphatic rings. The summed E-state index contributed by atoms with van der Waals surface area (Å²) >= 11 is 1.34. The number of nitrogens with zero attached hydrogens (tertiary/aromatic N) is 3. The Morgan fingerprint density at radius 2 is 2.22 bits per heavy atom. The SMILES string of the molecule is COCCNc1nc(-c2ncc(C)cc2C)ns1. The minimum absolute atomic E-state index is 0.650. The number of ether oxygens (including phenoxy) is 1. The predicted molar refractivity (Wildman–Crippen MR) is 73.0 cm³/mol. The molecule has 0 fully saturated rings. The largest absolute Gasteiger partial charge is 0.383 e. The molecule has 0 aliphatic carbocycles. The van der Waals surface area contributed by atoms with Gasteiger partial charge in [0.15, 0.2) is 5.82 Å². The molecule has 0 saturated heterocycles. The summed E-state index contributed by atoms with van der Waals surface area (Å²) < 4.78 is 9.29. The molecule has 0 radical (unpaired) electrons. The molecular weight excluding hydrogens is 248 g/mol. The number of pyridine rings is 1. The number of aromatic nitrogens is 3. The summed E-state index contributed by atoms with van der Waals surface area (Å²) in [5.74, 6) is 0.678. The zero-order valence-corrected chi connectivity index (χ0v) is 11.5. The maximum absolute atomic E-state index is 4.97. The van der Waals surface area contributed by atoms with Gasteiger partial charge in [0.25, 0.3) is 0 Å². The molecule has 0 bridgehead atoms. The van der Waals surface area contributed by atoms with Crippen LogP contribution in [0.3, 0.4) is 0 Å². The fourth-order valence-corrected chi connectivity index (χ4v) is 2.20. The van der Waals surface area contributed by atoms with E-state index >= 15 is 0 Å². The van der Waals surface area contributed by atoms with Crippen LogP contribution in [0.5, 0.6) is 0 Å². The van der Waals surface area contributed by atoms with Crippen molar-refractivity contribution in [3.63, 3.8) is 0 Å². The smallest absolute Gasteiger partial charge is 0.203 e. The summed E-state index contributed by atoms with van der Waals surface area (Å²) in [5.41, 5.74) is 3.08. The van der Waals surface area contributed by atoms with Gasteiger partial charge in [-0.15, -0.1) is 0 Å². The zero-order chi connectivity index (χ0) is 13.0. The Kier molecular flexibility index (Phi) is 4.22. The van der Waals surface area contributed by atoms with E-state index in [4.69, 9.17) is 4.74 Å². The molecule has 5 nitrogen and oxygen atoms in total. The normalized spacial score (nSPS) is 10.6. The molecule has 2 aromatic heterocycles. The van der Waals surface area contributed by atoms with Gasteiger partial charge in [0, 0.05) is 31.4 Å². The van der Waals surface area contributed by atoms with E-state index in [2.05, 4.69) is 25.7 Å². The fraction of sp³-hybridized carbons (Fsp3) is 0.417. The number of nitrogens with one attached hydrogen (secondary N) is 1. The van der Waals surface area contributed by atoms with E-state index in [1.165, 1.54) is 11.5 Å². The van der Waals surface area contributed by atoms with Crippen LogP contribution in [0.25, 0.3) is 11.5 Å². The van der Waals surface area contributed by atoms with Crippen molar-refractivity contribution in [2.45, 2.75) is 13.8 Å². The van der Waals surface area contributed by atoms with Gasteiger partial charge in [-0.3, -0.25) is 4.98 Å². The second-order valence-corrected chi connectivity index (χ2v) is 4.77. The lowest BCUT2D eigenvalue weighted by atomic mass is 10.1. The van der Waals surface area contributed by atoms with Gasteiger partial charge in [0.1, 0.15) is 5.69 Å². The molecule has 0 unspecified atom stereocenters. The Morgan fingerprint density at radius 3 is 2.94 bits per heavy atom. The molecule has 0 saturated carbocycles. The molecule has 0 aromatic carbocycles. The minimum atomic E-state index is 0.650. The van der Waals surface area contributed by atoms with Crippen molar-refractivity contribution in [3.05, 3.63) is 23.4 Å². The average molecular weight is 264 g/mol. The molecule has 2 aromatic rings. The molecule has 0 aliphatic heterocycles. The molecule has 18 heavy (non-hydrogen) atoms. The summed E-state index contributed by atoms with van der Waals surface area (Å²) in [4.78, 5) is 8.81. The van der Waals surface area contributed by atoms with Gasteiger partial charge in [-0.1, -0.05) is 6.07 Å². The van der Waals surface area contributed by atoms with E-state index in [1.807, 2.05) is 20.0 Å². The number of anilines is 1. The van der Waals surface area contributed by atoms with Crippen LogP contribution in [0.1, 0.15) is 11.1 Å². The van der Waals surface area contributed by atoms with Crippen LogP contribution >= 0.6 is 11.5 Å². The van der Waals surface area contributed by atoms with E-state index in [0.29, 0.717) is 12.4 Å². The fourth-order valence-electron chi connectivity index (χ4n) is 1.60. The van der Waals surface area contributed by atoms with Gasteiger partial charge in [0.05, 0.1) is 6.61 Å². The van der Waals surface area contributed by atoms with Gasteiger partial charge in [-0.05, 0) is 25.0 Å². The van der Waals surface area contributed by atoms with Crippen molar-refractivity contribution >= 4 is 16.7 Å². The van der Waals surface area contributed by atoms with Gasteiger partial charge in [0.2, 0.25) is 5.13 Å². The van der Waals surface area contributed by atoms with Gasteiger partial charge in [-0.2, -0.15) is 9.36 Å². The van der Waals surface area contributed by atoms with E-state index in [-0.39, 0.29) is 0 Å². The van der Waals surface area contributed by atoms with Crippen molar-refractivity contribution < 1.29 is 4.74 Å². The Labute approximate surface area is 110 Å². The van der Waals surface area contributed by atoms with Crippen LogP contribution in [-0.2, 0) is 4.74 Å². The highest BCUT2D eigenvalue weighted by Gasteiger charge is 2.10. The second kappa shape index (κ2) is 5.88. The highest BCUT2D eigenvalue weighted by atomic mass is 32.1. The quantitative estimate of drug-likeness (QED) is 0.839. The van der Waals surface area contributed by atoms with Gasteiger partial charge in [-0.25, -0.2) is 0 Å². The lowest BCUT2D eigenvalue weighted by molar-refractivity contribution is 0.211. The van der Waals surface area contributed by atoms with Gasteiger partial charge >= 0.3 is 0 Å². The second-order valence-electron chi connectivity index (χ2n) is 4.02. The van der Waals surface area contributed by atoms with E-state index < -0.39 is 0 Å². The molecule has 0 atom stereocenters. The molecule has 0 spiro atoms. The van der Waals surface area contributed by atoms with Crippen molar-refractivity contribution in [3.8, 4) is 11.5 Å². The van der Waals surface area contributed by atoms with Crippen LogP contribution in [0, 0.1) is 13.8 Å². The summed E-state index contributed by atoms with van der Waals surface area (Å²) in [6.07, 6.45) is 1.83. The Balaban J connectivity index is 2.13. The average Bonchev–Trinajstić information content (AvgIpc) is 2.78. The van der Waals surface area contributed by atoms with E-state index in [0.717, 1.165) is 28.5 Å². The molecular formula is C12H16N4OS. The first-order chi connectivity index (χ1) is 8.70. The van der Waals surface area contributed by atoms with Crippen LogP contribution in [0.15, 0.2) is 12.3 Å². The third kappa shape index (κ3) is 3.02. The molecule has 96 valence electrons. The maximum atomic E-state index is 4.97. The van der Waals surface area contributed by atoms with E-state index in [1.54, 1.807) is 7.11 Å². The Hall–Kier alpha value is -1.53. The lowest BCUT2D eigenvalue weighted by Gasteiger charge is -2.01. The van der Waals surface area contributed by atoms with E-state index in [9.17, 15) is 0 Å². The molecule has 2 heterocycles. The highest BCUT2D eigenvalue weighted by Crippen LogP contribution is 2.22. The summed E-state index contributed by atoms with van der Waals surface area (Å²) in [6.45, 7) is 5.42. The van der Waals surface area contributed by atoms with Crippen LogP contribution in [0.4, 0.5) is 5.13 Å². The van der Waals surface area contributed by atoms with Crippen LogP contribution < -0.4 is 5.32 Å². The predicted octanol–water partition coefficient (Wildman–Crippen LogP) is 2.28.